The number of nitriles is 1. The Labute approximate surface area is 80.9 Å². The molecule has 14 heavy (non-hydrogen) atoms. The number of hydrogen-bond donors (Lipinski definition) is 0. The molecule has 0 radical (unpaired) electrons. The van der Waals surface area contributed by atoms with Gasteiger partial charge in [-0.1, -0.05) is 0 Å². The van der Waals surface area contributed by atoms with Crippen LogP contribution in [0.2, 0.25) is 0 Å². The van der Waals surface area contributed by atoms with E-state index in [0.717, 1.165) is 0 Å². The molecule has 0 saturated carbocycles. The predicted molar refractivity (Wildman–Crippen MR) is 45.6 cm³/mol. The molecule has 76 valence electrons. The van der Waals surface area contributed by atoms with E-state index in [4.69, 9.17) is 14.7 Å². The van der Waals surface area contributed by atoms with Crippen LogP contribution in [0.1, 0.15) is 13.3 Å². The molecule has 0 amide bonds. The van der Waals surface area contributed by atoms with Gasteiger partial charge in [0.2, 0.25) is 0 Å². The van der Waals surface area contributed by atoms with Gasteiger partial charge in [0.1, 0.15) is 6.07 Å². The van der Waals surface area contributed by atoms with Crippen LogP contribution in [0, 0.1) is 21.4 Å². The van der Waals surface area contributed by atoms with Crippen LogP contribution >= 0.6 is 0 Å². The van der Waals surface area contributed by atoms with Crippen LogP contribution in [0.5, 0.6) is 0 Å². The lowest BCUT2D eigenvalue weighted by atomic mass is 10.1. The molecule has 1 rings (SSSR count). The highest BCUT2D eigenvalue weighted by atomic mass is 16.7. The second-order valence-electron chi connectivity index (χ2n) is 2.71. The number of rotatable bonds is 3. The molecule has 0 spiro atoms. The summed E-state index contributed by atoms with van der Waals surface area (Å²) in [6.45, 7) is 2.03. The highest BCUT2D eigenvalue weighted by Crippen LogP contribution is 2.20. The standard InChI is InChI=1S/C8H10N2O4/c1-2-13-8-7(10(11)12)4-3-6(5-9)14-8/h3,7-8H,2,4H2,1H3/t7-,8+/m1/s1. The van der Waals surface area contributed by atoms with E-state index < -0.39 is 17.3 Å². The van der Waals surface area contributed by atoms with E-state index in [1.807, 2.05) is 0 Å². The first-order valence-corrected chi connectivity index (χ1v) is 4.21. The summed E-state index contributed by atoms with van der Waals surface area (Å²) in [6, 6.07) is 0.864. The van der Waals surface area contributed by atoms with Crippen LogP contribution in [-0.2, 0) is 9.47 Å². The molecule has 1 heterocycles. The molecular formula is C8H10N2O4. The lowest BCUT2D eigenvalue weighted by Crippen LogP contribution is -2.39. The third kappa shape index (κ3) is 2.20. The Kier molecular flexibility index (Phi) is 3.42. The van der Waals surface area contributed by atoms with Gasteiger partial charge in [-0.2, -0.15) is 5.26 Å². The van der Waals surface area contributed by atoms with Crippen molar-refractivity contribution in [3.8, 4) is 6.07 Å². The number of nitro groups is 1. The summed E-state index contributed by atoms with van der Waals surface area (Å²) >= 11 is 0. The number of ether oxygens (including phenoxy) is 2. The normalized spacial score (nSPS) is 25.9. The molecule has 2 atom stereocenters. The molecule has 0 N–H and O–H groups in total. The second kappa shape index (κ2) is 4.58. The number of allylic oxidation sites excluding steroid dienone is 1. The molecule has 0 aromatic heterocycles. The molecule has 1 aliphatic heterocycles. The lowest BCUT2D eigenvalue weighted by molar-refractivity contribution is -0.548. The fourth-order valence-corrected chi connectivity index (χ4v) is 1.16. The van der Waals surface area contributed by atoms with Gasteiger partial charge in [-0.3, -0.25) is 10.1 Å². The van der Waals surface area contributed by atoms with E-state index in [0.29, 0.717) is 6.61 Å². The molecule has 0 aromatic carbocycles. The first-order chi connectivity index (χ1) is 6.69. The minimum atomic E-state index is -0.949. The van der Waals surface area contributed by atoms with Crippen LogP contribution in [0.3, 0.4) is 0 Å². The zero-order valence-electron chi connectivity index (χ0n) is 7.67. The van der Waals surface area contributed by atoms with E-state index in [1.54, 1.807) is 13.0 Å². The molecule has 6 nitrogen and oxygen atoms in total. The highest BCUT2D eigenvalue weighted by Gasteiger charge is 2.36. The van der Waals surface area contributed by atoms with Crippen molar-refractivity contribution in [2.45, 2.75) is 25.7 Å². The minimum Gasteiger partial charge on any atom is -0.447 e. The van der Waals surface area contributed by atoms with Gasteiger partial charge >= 0.3 is 0 Å². The predicted octanol–water partition coefficient (Wildman–Crippen LogP) is 0.822. The summed E-state index contributed by atoms with van der Waals surface area (Å²) in [5.41, 5.74) is 0. The van der Waals surface area contributed by atoms with Gasteiger partial charge in [0.25, 0.3) is 12.3 Å². The molecule has 1 aliphatic rings. The van der Waals surface area contributed by atoms with Crippen LogP contribution in [-0.4, -0.2) is 23.9 Å². The van der Waals surface area contributed by atoms with Crippen molar-refractivity contribution < 1.29 is 14.4 Å². The Bertz CT molecular complexity index is 294. The Morgan fingerprint density at radius 1 is 1.93 bits per heavy atom. The number of nitrogens with zero attached hydrogens (tertiary/aromatic N) is 2. The maximum atomic E-state index is 10.6. The molecule has 0 aliphatic carbocycles. The van der Waals surface area contributed by atoms with Crippen molar-refractivity contribution in [2.24, 2.45) is 0 Å². The summed E-state index contributed by atoms with van der Waals surface area (Å²) in [6.07, 6.45) is 0.624. The minimum absolute atomic E-state index is 0.0848. The maximum Gasteiger partial charge on any atom is 0.277 e. The van der Waals surface area contributed by atoms with Gasteiger partial charge in [-0.15, -0.1) is 0 Å². The largest absolute Gasteiger partial charge is 0.447 e. The fraction of sp³-hybridized carbons (Fsp3) is 0.625. The molecule has 0 aromatic rings. The van der Waals surface area contributed by atoms with Gasteiger partial charge in [0.15, 0.2) is 5.76 Å². The molecule has 0 fully saturated rings. The quantitative estimate of drug-likeness (QED) is 0.495. The molecular weight excluding hydrogens is 188 g/mol. The van der Waals surface area contributed by atoms with Crippen LogP contribution in [0.25, 0.3) is 0 Å². The van der Waals surface area contributed by atoms with Crippen molar-refractivity contribution in [3.63, 3.8) is 0 Å². The van der Waals surface area contributed by atoms with E-state index in [2.05, 4.69) is 0 Å². The third-order valence-corrected chi connectivity index (χ3v) is 1.81. The van der Waals surface area contributed by atoms with E-state index in [-0.39, 0.29) is 12.2 Å². The molecule has 0 unspecified atom stereocenters. The number of hydrogen-bond acceptors (Lipinski definition) is 5. The Hall–Kier alpha value is -1.61. The smallest absolute Gasteiger partial charge is 0.277 e. The first kappa shape index (κ1) is 10.5. The SMILES string of the molecule is CCO[C@H]1OC(C#N)=CC[C@H]1[N+](=O)[O-]. The third-order valence-electron chi connectivity index (χ3n) is 1.81. The molecule has 0 saturated heterocycles. The van der Waals surface area contributed by atoms with Crippen molar-refractivity contribution in [2.75, 3.05) is 6.61 Å². The summed E-state index contributed by atoms with van der Waals surface area (Å²) < 4.78 is 10.0. The second-order valence-corrected chi connectivity index (χ2v) is 2.71. The summed E-state index contributed by atoms with van der Waals surface area (Å²) in [7, 11) is 0. The van der Waals surface area contributed by atoms with Gasteiger partial charge in [-0.05, 0) is 13.0 Å². The van der Waals surface area contributed by atoms with Gasteiger partial charge in [0, 0.05) is 18.0 Å². The summed E-state index contributed by atoms with van der Waals surface area (Å²) in [5.74, 6) is 0.0848. The zero-order chi connectivity index (χ0) is 10.6. The van der Waals surface area contributed by atoms with Crippen molar-refractivity contribution in [1.29, 1.82) is 5.26 Å². The zero-order valence-corrected chi connectivity index (χ0v) is 7.67. The van der Waals surface area contributed by atoms with Crippen molar-refractivity contribution in [1.82, 2.24) is 0 Å². The van der Waals surface area contributed by atoms with Crippen molar-refractivity contribution in [3.05, 3.63) is 21.9 Å². The topological polar surface area (TPSA) is 85.4 Å². The summed E-state index contributed by atoms with van der Waals surface area (Å²) in [5, 5.41) is 19.1. The van der Waals surface area contributed by atoms with Gasteiger partial charge in [-0.25, -0.2) is 0 Å². The van der Waals surface area contributed by atoms with Crippen LogP contribution in [0.15, 0.2) is 11.8 Å². The Morgan fingerprint density at radius 3 is 3.14 bits per heavy atom. The molecule has 6 heteroatoms. The maximum absolute atomic E-state index is 10.6. The first-order valence-electron chi connectivity index (χ1n) is 4.21. The van der Waals surface area contributed by atoms with Crippen LogP contribution in [0.4, 0.5) is 0 Å². The van der Waals surface area contributed by atoms with Gasteiger partial charge < -0.3 is 9.47 Å². The van der Waals surface area contributed by atoms with E-state index in [9.17, 15) is 10.1 Å². The Morgan fingerprint density at radius 2 is 2.64 bits per heavy atom. The highest BCUT2D eigenvalue weighted by molar-refractivity contribution is 5.15. The van der Waals surface area contributed by atoms with E-state index in [1.165, 1.54) is 6.08 Å². The fourth-order valence-electron chi connectivity index (χ4n) is 1.16. The lowest BCUT2D eigenvalue weighted by Gasteiger charge is -2.23. The monoisotopic (exact) mass is 198 g/mol. The van der Waals surface area contributed by atoms with Crippen molar-refractivity contribution >= 4 is 0 Å². The van der Waals surface area contributed by atoms with Crippen LogP contribution < -0.4 is 0 Å². The summed E-state index contributed by atoms with van der Waals surface area (Å²) in [4.78, 5) is 10.1. The van der Waals surface area contributed by atoms with E-state index >= 15 is 0 Å². The average molecular weight is 198 g/mol. The molecule has 0 bridgehead atoms. The average Bonchev–Trinajstić information content (AvgIpc) is 2.17. The Balaban J connectivity index is 2.73. The van der Waals surface area contributed by atoms with Gasteiger partial charge in [0.05, 0.1) is 0 Å².